The lowest BCUT2D eigenvalue weighted by molar-refractivity contribution is 0.0600. The van der Waals surface area contributed by atoms with Crippen molar-refractivity contribution < 1.29 is 9.53 Å². The van der Waals surface area contributed by atoms with Gasteiger partial charge < -0.3 is 15.0 Å². The van der Waals surface area contributed by atoms with Gasteiger partial charge in [-0.05, 0) is 76.5 Å². The molecule has 1 aromatic carbocycles. The first kappa shape index (κ1) is 15.8. The molecule has 0 radical (unpaired) electrons. The molecule has 1 aromatic rings. The maximum Gasteiger partial charge on any atom is 0.337 e. The van der Waals surface area contributed by atoms with E-state index in [1.54, 1.807) is 0 Å². The van der Waals surface area contributed by atoms with Crippen LogP contribution < -0.4 is 5.32 Å². The van der Waals surface area contributed by atoms with Crippen molar-refractivity contribution >= 4 is 11.7 Å². The van der Waals surface area contributed by atoms with Gasteiger partial charge in [-0.15, -0.1) is 0 Å². The van der Waals surface area contributed by atoms with Gasteiger partial charge in [0, 0.05) is 11.7 Å². The summed E-state index contributed by atoms with van der Waals surface area (Å²) in [5, 5.41) is 3.61. The Balaban J connectivity index is 2.00. The van der Waals surface area contributed by atoms with E-state index in [1.165, 1.54) is 33.0 Å². The molecule has 0 amide bonds. The zero-order chi connectivity index (χ0) is 15.4. The molecule has 0 spiro atoms. The molecule has 116 valence electrons. The standard InChI is InChI=1S/C17H26N2O2/c1-12-11-15(17(20)21-4)5-6-16(12)18-13(2)14-7-9-19(3)10-8-14/h5-6,11,13-14,18H,7-10H2,1-4H3. The van der Waals surface area contributed by atoms with Crippen LogP contribution in [0, 0.1) is 12.8 Å². The SMILES string of the molecule is COC(=O)c1ccc(NC(C)C2CCN(C)CC2)c(C)c1. The molecule has 0 aliphatic carbocycles. The van der Waals surface area contributed by atoms with E-state index in [0.29, 0.717) is 17.5 Å². The number of hydrogen-bond acceptors (Lipinski definition) is 4. The molecule has 0 bridgehead atoms. The molecule has 1 N–H and O–H groups in total. The van der Waals surface area contributed by atoms with Crippen LogP contribution >= 0.6 is 0 Å². The maximum absolute atomic E-state index is 11.5. The molecule has 1 unspecified atom stereocenters. The van der Waals surface area contributed by atoms with E-state index in [9.17, 15) is 4.79 Å². The summed E-state index contributed by atoms with van der Waals surface area (Å²) in [6, 6.07) is 6.13. The Bertz CT molecular complexity index is 494. The molecule has 2 rings (SSSR count). The van der Waals surface area contributed by atoms with E-state index in [2.05, 4.69) is 24.2 Å². The van der Waals surface area contributed by atoms with Crippen molar-refractivity contribution in [3.05, 3.63) is 29.3 Å². The summed E-state index contributed by atoms with van der Waals surface area (Å²) in [6.45, 7) is 6.63. The van der Waals surface area contributed by atoms with Gasteiger partial charge in [0.25, 0.3) is 0 Å². The van der Waals surface area contributed by atoms with Gasteiger partial charge in [-0.25, -0.2) is 4.79 Å². The summed E-state index contributed by atoms with van der Waals surface area (Å²) >= 11 is 0. The number of anilines is 1. The topological polar surface area (TPSA) is 41.6 Å². The second-order valence-corrected chi connectivity index (χ2v) is 6.10. The van der Waals surface area contributed by atoms with Crippen LogP contribution in [0.25, 0.3) is 0 Å². The number of nitrogens with zero attached hydrogens (tertiary/aromatic N) is 1. The molecular weight excluding hydrogens is 264 g/mol. The third-order valence-electron chi connectivity index (χ3n) is 4.50. The molecule has 4 nitrogen and oxygen atoms in total. The van der Waals surface area contributed by atoms with E-state index in [0.717, 1.165) is 11.3 Å². The molecule has 21 heavy (non-hydrogen) atoms. The highest BCUT2D eigenvalue weighted by molar-refractivity contribution is 5.90. The Morgan fingerprint density at radius 1 is 1.38 bits per heavy atom. The predicted molar refractivity (Wildman–Crippen MR) is 85.8 cm³/mol. The number of methoxy groups -OCH3 is 1. The van der Waals surface area contributed by atoms with Crippen LogP contribution in [-0.4, -0.2) is 44.2 Å². The monoisotopic (exact) mass is 290 g/mol. The first-order chi connectivity index (χ1) is 10.0. The largest absolute Gasteiger partial charge is 0.465 e. The lowest BCUT2D eigenvalue weighted by Gasteiger charge is -2.33. The number of aryl methyl sites for hydroxylation is 1. The third kappa shape index (κ3) is 3.97. The Hall–Kier alpha value is -1.55. The fourth-order valence-corrected chi connectivity index (χ4v) is 2.96. The van der Waals surface area contributed by atoms with E-state index in [-0.39, 0.29) is 5.97 Å². The van der Waals surface area contributed by atoms with Crippen LogP contribution in [0.5, 0.6) is 0 Å². The number of likely N-dealkylation sites (tertiary alicyclic amines) is 1. The molecule has 4 heteroatoms. The third-order valence-corrected chi connectivity index (χ3v) is 4.50. The van der Waals surface area contributed by atoms with Crippen LogP contribution in [0.3, 0.4) is 0 Å². The van der Waals surface area contributed by atoms with E-state index >= 15 is 0 Å². The van der Waals surface area contributed by atoms with Crippen LogP contribution in [0.2, 0.25) is 0 Å². The summed E-state index contributed by atoms with van der Waals surface area (Å²) in [4.78, 5) is 13.9. The minimum Gasteiger partial charge on any atom is -0.465 e. The van der Waals surface area contributed by atoms with Crippen molar-refractivity contribution in [2.45, 2.75) is 32.7 Å². The lowest BCUT2D eigenvalue weighted by atomic mass is 9.90. The van der Waals surface area contributed by atoms with E-state index in [4.69, 9.17) is 4.74 Å². The van der Waals surface area contributed by atoms with Crippen LogP contribution in [0.4, 0.5) is 5.69 Å². The first-order valence-corrected chi connectivity index (χ1v) is 7.65. The van der Waals surface area contributed by atoms with Crippen molar-refractivity contribution in [3.8, 4) is 0 Å². The second kappa shape index (κ2) is 6.94. The second-order valence-electron chi connectivity index (χ2n) is 6.10. The van der Waals surface area contributed by atoms with E-state index in [1.807, 2.05) is 25.1 Å². The fourth-order valence-electron chi connectivity index (χ4n) is 2.96. The summed E-state index contributed by atoms with van der Waals surface area (Å²) in [5.41, 5.74) is 2.79. The summed E-state index contributed by atoms with van der Waals surface area (Å²) in [6.07, 6.45) is 2.48. The Morgan fingerprint density at radius 2 is 2.05 bits per heavy atom. The van der Waals surface area contributed by atoms with Crippen molar-refractivity contribution in [2.24, 2.45) is 5.92 Å². The number of nitrogens with one attached hydrogen (secondary N) is 1. The average molecular weight is 290 g/mol. The summed E-state index contributed by atoms with van der Waals surface area (Å²) in [7, 11) is 3.59. The Morgan fingerprint density at radius 3 is 2.62 bits per heavy atom. The minimum absolute atomic E-state index is 0.284. The molecule has 1 fully saturated rings. The Labute approximate surface area is 127 Å². The lowest BCUT2D eigenvalue weighted by Crippen LogP contribution is -2.37. The van der Waals surface area contributed by atoms with Gasteiger partial charge in [0.15, 0.2) is 0 Å². The normalized spacial score (nSPS) is 18.3. The zero-order valence-electron chi connectivity index (χ0n) is 13.5. The fraction of sp³-hybridized carbons (Fsp3) is 0.588. The number of carbonyl (C=O) groups is 1. The van der Waals surface area contributed by atoms with Gasteiger partial charge in [0.2, 0.25) is 0 Å². The molecule has 1 aliphatic heterocycles. The van der Waals surface area contributed by atoms with Gasteiger partial charge in [0.1, 0.15) is 0 Å². The van der Waals surface area contributed by atoms with Crippen molar-refractivity contribution in [1.82, 2.24) is 4.90 Å². The van der Waals surface area contributed by atoms with Crippen molar-refractivity contribution in [2.75, 3.05) is 32.6 Å². The smallest absolute Gasteiger partial charge is 0.337 e. The number of esters is 1. The summed E-state index contributed by atoms with van der Waals surface area (Å²) in [5.74, 6) is 0.425. The number of rotatable bonds is 4. The molecule has 1 heterocycles. The van der Waals surface area contributed by atoms with Crippen LogP contribution in [0.15, 0.2) is 18.2 Å². The first-order valence-electron chi connectivity index (χ1n) is 7.65. The summed E-state index contributed by atoms with van der Waals surface area (Å²) < 4.78 is 4.75. The van der Waals surface area contributed by atoms with Crippen LogP contribution in [0.1, 0.15) is 35.7 Å². The molecule has 0 aromatic heterocycles. The average Bonchev–Trinajstić information content (AvgIpc) is 2.49. The number of hydrogen-bond donors (Lipinski definition) is 1. The highest BCUT2D eigenvalue weighted by Gasteiger charge is 2.22. The number of piperidine rings is 1. The van der Waals surface area contributed by atoms with Crippen molar-refractivity contribution in [3.63, 3.8) is 0 Å². The highest BCUT2D eigenvalue weighted by atomic mass is 16.5. The maximum atomic E-state index is 11.5. The van der Waals surface area contributed by atoms with Gasteiger partial charge >= 0.3 is 5.97 Å². The van der Waals surface area contributed by atoms with Crippen LogP contribution in [-0.2, 0) is 4.74 Å². The molecule has 1 aliphatic rings. The number of ether oxygens (including phenoxy) is 1. The van der Waals surface area contributed by atoms with Gasteiger partial charge in [-0.3, -0.25) is 0 Å². The van der Waals surface area contributed by atoms with Gasteiger partial charge in [0.05, 0.1) is 12.7 Å². The predicted octanol–water partition coefficient (Wildman–Crippen LogP) is 2.92. The molecule has 1 saturated heterocycles. The molecular formula is C17H26N2O2. The minimum atomic E-state index is -0.284. The van der Waals surface area contributed by atoms with Gasteiger partial charge in [-0.2, -0.15) is 0 Å². The number of carbonyl (C=O) groups excluding carboxylic acids is 1. The van der Waals surface area contributed by atoms with Crippen molar-refractivity contribution in [1.29, 1.82) is 0 Å². The quantitative estimate of drug-likeness (QED) is 0.866. The van der Waals surface area contributed by atoms with Gasteiger partial charge in [-0.1, -0.05) is 0 Å². The van der Waals surface area contributed by atoms with E-state index < -0.39 is 0 Å². The number of benzene rings is 1. The molecule has 1 atom stereocenters. The highest BCUT2D eigenvalue weighted by Crippen LogP contribution is 2.24. The Kier molecular flexibility index (Phi) is 5.23. The molecule has 0 saturated carbocycles. The zero-order valence-corrected chi connectivity index (χ0v) is 13.5.